The van der Waals surface area contributed by atoms with Crippen molar-refractivity contribution in [3.05, 3.63) is 35.9 Å². The third-order valence-corrected chi connectivity index (χ3v) is 2.15. The van der Waals surface area contributed by atoms with Crippen LogP contribution in [0, 0.1) is 0 Å². The van der Waals surface area contributed by atoms with Gasteiger partial charge in [0.05, 0.1) is 7.52 Å². The Balaban J connectivity index is 2.50. The molecule has 0 aromatic heterocycles. The zero-order valence-electron chi connectivity index (χ0n) is 6.86. The van der Waals surface area contributed by atoms with Crippen LogP contribution in [0.1, 0.15) is 5.56 Å². The number of hydrogen-bond acceptors (Lipinski definition) is 2. The molecule has 0 saturated carbocycles. The zero-order chi connectivity index (χ0) is 9.03. The maximum Gasteiger partial charge on any atom is 0.0741 e. The maximum absolute atomic E-state index is 10.7. The number of nitrogens with one attached hydrogen (secondary N) is 1. The van der Waals surface area contributed by atoms with Crippen molar-refractivity contribution in [3.8, 4) is 0 Å². The van der Waals surface area contributed by atoms with Gasteiger partial charge >= 0.3 is 0 Å². The molecule has 0 aliphatic carbocycles. The highest BCUT2D eigenvalue weighted by molar-refractivity contribution is 7.53. The van der Waals surface area contributed by atoms with Crippen molar-refractivity contribution in [1.29, 1.82) is 0 Å². The van der Waals surface area contributed by atoms with Crippen molar-refractivity contribution in [1.82, 2.24) is 5.09 Å². The molecule has 0 saturated heterocycles. The highest BCUT2D eigenvalue weighted by Gasteiger charge is 1.96. The fourth-order valence-electron chi connectivity index (χ4n) is 0.831. The molecule has 0 aliphatic heterocycles. The Morgan fingerprint density at radius 3 is 2.50 bits per heavy atom. The molecule has 1 unspecified atom stereocenters. The van der Waals surface area contributed by atoms with Crippen LogP contribution >= 0.6 is 7.52 Å². The number of rotatable bonds is 3. The Morgan fingerprint density at radius 1 is 1.42 bits per heavy atom. The summed E-state index contributed by atoms with van der Waals surface area (Å²) in [6.45, 7) is 1.55. The second kappa shape index (κ2) is 3.85. The van der Waals surface area contributed by atoms with E-state index in [9.17, 15) is 9.46 Å². The summed E-state index contributed by atoms with van der Waals surface area (Å²) in [5, 5.41) is 2.44. The zero-order valence-corrected chi connectivity index (χ0v) is 7.75. The Hall–Kier alpha value is -0.630. The minimum absolute atomic E-state index is 0.373. The third-order valence-electron chi connectivity index (χ3n) is 1.41. The van der Waals surface area contributed by atoms with E-state index in [-0.39, 0.29) is 0 Å². The van der Waals surface area contributed by atoms with E-state index in [0.29, 0.717) is 6.54 Å². The van der Waals surface area contributed by atoms with Gasteiger partial charge in [-0.05, 0) is 12.2 Å². The molecule has 4 heteroatoms. The van der Waals surface area contributed by atoms with Gasteiger partial charge in [-0.15, -0.1) is 0 Å². The van der Waals surface area contributed by atoms with Crippen molar-refractivity contribution in [3.63, 3.8) is 0 Å². The smallest absolute Gasteiger partial charge is 0.0741 e. The lowest BCUT2D eigenvalue weighted by Crippen LogP contribution is -2.17. The van der Waals surface area contributed by atoms with E-state index in [1.807, 2.05) is 30.3 Å². The van der Waals surface area contributed by atoms with Crippen molar-refractivity contribution in [2.75, 3.05) is 6.66 Å². The van der Waals surface area contributed by atoms with Crippen LogP contribution in [0.15, 0.2) is 30.3 Å². The third kappa shape index (κ3) is 3.67. The first-order valence-corrected chi connectivity index (χ1v) is 5.73. The van der Waals surface area contributed by atoms with Gasteiger partial charge in [0.1, 0.15) is 0 Å². The normalized spacial score (nSPS) is 15.5. The van der Waals surface area contributed by atoms with Crippen LogP contribution in [0.3, 0.4) is 0 Å². The summed E-state index contributed by atoms with van der Waals surface area (Å²) in [5.74, 6) is 0. The summed E-state index contributed by atoms with van der Waals surface area (Å²) >= 11 is 0. The molecule has 3 nitrogen and oxygen atoms in total. The molecule has 1 aromatic carbocycles. The van der Waals surface area contributed by atoms with Crippen molar-refractivity contribution in [2.45, 2.75) is 6.54 Å². The molecule has 0 spiro atoms. The second-order valence-corrected chi connectivity index (χ2v) is 4.67. The van der Waals surface area contributed by atoms with Gasteiger partial charge in [-0.3, -0.25) is 5.09 Å². The molecule has 1 N–H and O–H groups in total. The van der Waals surface area contributed by atoms with Crippen LogP contribution in [0.4, 0.5) is 0 Å². The van der Waals surface area contributed by atoms with E-state index in [4.69, 9.17) is 0 Å². The lowest BCUT2D eigenvalue weighted by Gasteiger charge is -2.18. The molecule has 1 rings (SSSR count). The van der Waals surface area contributed by atoms with Crippen LogP contribution in [0.2, 0.25) is 0 Å². The Bertz CT molecular complexity index is 280. The first-order chi connectivity index (χ1) is 5.58. The average Bonchev–Trinajstić information content (AvgIpc) is 2.02. The number of hydrogen-bond donors (Lipinski definition) is 1. The molecule has 1 aromatic rings. The van der Waals surface area contributed by atoms with Crippen LogP contribution in [-0.2, 0) is 11.1 Å². The molecule has 0 aliphatic rings. The monoisotopic (exact) mass is 184 g/mol. The van der Waals surface area contributed by atoms with Crippen molar-refractivity contribution in [2.24, 2.45) is 0 Å². The minimum atomic E-state index is -3.33. The molecular formula is C8H11NO2P-. The predicted molar refractivity (Wildman–Crippen MR) is 46.8 cm³/mol. The molecule has 1 atom stereocenters. The van der Waals surface area contributed by atoms with E-state index in [0.717, 1.165) is 5.56 Å². The minimum Gasteiger partial charge on any atom is -0.788 e. The highest BCUT2D eigenvalue weighted by Crippen LogP contribution is 2.23. The topological polar surface area (TPSA) is 52.2 Å². The molecule has 0 radical (unpaired) electrons. The van der Waals surface area contributed by atoms with Gasteiger partial charge in [0, 0.05) is 6.54 Å². The average molecular weight is 184 g/mol. The SMILES string of the molecule is CP(=O)([O-])NCc1ccccc1. The Labute approximate surface area is 71.9 Å². The summed E-state index contributed by atoms with van der Waals surface area (Å²) in [6, 6.07) is 9.41. The van der Waals surface area contributed by atoms with Crippen LogP contribution in [-0.4, -0.2) is 6.66 Å². The summed E-state index contributed by atoms with van der Waals surface area (Å²) in [6.07, 6.45) is 0. The van der Waals surface area contributed by atoms with Gasteiger partial charge in [-0.1, -0.05) is 30.3 Å². The summed E-state index contributed by atoms with van der Waals surface area (Å²) < 4.78 is 10.7. The highest BCUT2D eigenvalue weighted by atomic mass is 31.2. The molecule has 0 amide bonds. The first-order valence-electron chi connectivity index (χ1n) is 3.65. The van der Waals surface area contributed by atoms with E-state index in [2.05, 4.69) is 5.09 Å². The summed E-state index contributed by atoms with van der Waals surface area (Å²) in [4.78, 5) is 10.7. The van der Waals surface area contributed by atoms with E-state index in [1.165, 1.54) is 6.66 Å². The fourth-order valence-corrected chi connectivity index (χ4v) is 1.30. The molecule has 0 fully saturated rings. The first kappa shape index (κ1) is 9.46. The summed E-state index contributed by atoms with van der Waals surface area (Å²) in [5.41, 5.74) is 0.968. The van der Waals surface area contributed by atoms with Crippen molar-refractivity contribution < 1.29 is 9.46 Å². The lowest BCUT2D eigenvalue weighted by atomic mass is 10.2. The Kier molecular flexibility index (Phi) is 3.04. The molecule has 0 heterocycles. The predicted octanol–water partition coefficient (Wildman–Crippen LogP) is 0.959. The lowest BCUT2D eigenvalue weighted by molar-refractivity contribution is -0.176. The standard InChI is InChI=1S/C8H12NO2P/c1-12(10,11)9-7-8-5-3-2-4-6-8/h2-6H,7H2,1H3,(H2,9,10,11)/p-1. The number of benzene rings is 1. The molecule has 0 bridgehead atoms. The quantitative estimate of drug-likeness (QED) is 0.712. The molecule has 66 valence electrons. The summed E-state index contributed by atoms with van der Waals surface area (Å²) in [7, 11) is -3.33. The molecule has 12 heavy (non-hydrogen) atoms. The van der Waals surface area contributed by atoms with Gasteiger partial charge in [-0.2, -0.15) is 0 Å². The molecular weight excluding hydrogens is 173 g/mol. The van der Waals surface area contributed by atoms with Crippen LogP contribution in [0.25, 0.3) is 0 Å². The van der Waals surface area contributed by atoms with Gasteiger partial charge in [0.2, 0.25) is 0 Å². The van der Waals surface area contributed by atoms with Crippen LogP contribution < -0.4 is 9.98 Å². The van der Waals surface area contributed by atoms with E-state index >= 15 is 0 Å². The van der Waals surface area contributed by atoms with Gasteiger partial charge < -0.3 is 9.46 Å². The van der Waals surface area contributed by atoms with E-state index in [1.54, 1.807) is 0 Å². The van der Waals surface area contributed by atoms with Gasteiger partial charge in [0.15, 0.2) is 0 Å². The van der Waals surface area contributed by atoms with Crippen molar-refractivity contribution >= 4 is 7.52 Å². The van der Waals surface area contributed by atoms with Crippen LogP contribution in [0.5, 0.6) is 0 Å². The van der Waals surface area contributed by atoms with Gasteiger partial charge in [-0.25, -0.2) is 0 Å². The van der Waals surface area contributed by atoms with Gasteiger partial charge in [0.25, 0.3) is 0 Å². The van der Waals surface area contributed by atoms with E-state index < -0.39 is 7.52 Å². The maximum atomic E-state index is 10.7. The fraction of sp³-hybridized carbons (Fsp3) is 0.250. The Morgan fingerprint density at radius 2 is 2.00 bits per heavy atom. The largest absolute Gasteiger partial charge is 0.788 e. The second-order valence-electron chi connectivity index (χ2n) is 2.67.